The highest BCUT2D eigenvalue weighted by atomic mass is 35.5. The predicted octanol–water partition coefficient (Wildman–Crippen LogP) is 2.63. The highest BCUT2D eigenvalue weighted by Gasteiger charge is 2.13. The molecule has 6 heteroatoms. The van der Waals surface area contributed by atoms with E-state index in [1.165, 1.54) is 25.7 Å². The third-order valence-corrected chi connectivity index (χ3v) is 4.14. The van der Waals surface area contributed by atoms with E-state index in [1.54, 1.807) is 0 Å². The van der Waals surface area contributed by atoms with Crippen molar-refractivity contribution in [2.45, 2.75) is 58.0 Å². The Labute approximate surface area is 145 Å². The summed E-state index contributed by atoms with van der Waals surface area (Å²) in [5.74, 6) is 0.957. The molecule has 0 bridgehead atoms. The summed E-state index contributed by atoms with van der Waals surface area (Å²) < 4.78 is 0. The first-order valence-electron chi connectivity index (χ1n) is 8.44. The number of nitrogens with one attached hydrogen (secondary N) is 1. The molecular formula is C17H29ClN4O. The van der Waals surface area contributed by atoms with E-state index in [9.17, 15) is 4.79 Å². The number of anilines is 1. The van der Waals surface area contributed by atoms with Crippen molar-refractivity contribution in [3.8, 4) is 0 Å². The predicted molar refractivity (Wildman–Crippen MR) is 96.9 cm³/mol. The van der Waals surface area contributed by atoms with E-state index in [0.717, 1.165) is 37.3 Å². The highest BCUT2D eigenvalue weighted by Crippen LogP contribution is 2.17. The van der Waals surface area contributed by atoms with Gasteiger partial charge in [-0.05, 0) is 30.9 Å². The van der Waals surface area contributed by atoms with Gasteiger partial charge < -0.3 is 16.0 Å². The topological polar surface area (TPSA) is 71.2 Å². The molecular weight excluding hydrogens is 312 g/mol. The summed E-state index contributed by atoms with van der Waals surface area (Å²) >= 11 is 0. The van der Waals surface area contributed by atoms with E-state index in [4.69, 9.17) is 5.73 Å². The van der Waals surface area contributed by atoms with Crippen LogP contribution in [0.1, 0.15) is 51.0 Å². The third kappa shape index (κ3) is 6.36. The van der Waals surface area contributed by atoms with Crippen molar-refractivity contribution in [1.82, 2.24) is 10.3 Å². The van der Waals surface area contributed by atoms with Gasteiger partial charge in [-0.2, -0.15) is 0 Å². The molecule has 0 radical (unpaired) electrons. The van der Waals surface area contributed by atoms with Crippen LogP contribution in [0.4, 0.5) is 5.82 Å². The minimum absolute atomic E-state index is 0. The average molecular weight is 341 g/mol. The summed E-state index contributed by atoms with van der Waals surface area (Å²) in [4.78, 5) is 18.7. The van der Waals surface area contributed by atoms with Gasteiger partial charge in [-0.3, -0.25) is 4.79 Å². The van der Waals surface area contributed by atoms with Crippen LogP contribution in [0.3, 0.4) is 0 Å². The van der Waals surface area contributed by atoms with Crippen LogP contribution in [0.5, 0.6) is 0 Å². The summed E-state index contributed by atoms with van der Waals surface area (Å²) in [5.41, 5.74) is 6.80. The number of halogens is 1. The second-order valence-electron chi connectivity index (χ2n) is 6.04. The van der Waals surface area contributed by atoms with Crippen molar-refractivity contribution in [3.05, 3.63) is 23.9 Å². The van der Waals surface area contributed by atoms with Crippen molar-refractivity contribution in [3.63, 3.8) is 0 Å². The number of amides is 1. The normalized spacial score (nSPS) is 16.2. The highest BCUT2D eigenvalue weighted by molar-refractivity contribution is 5.85. The van der Waals surface area contributed by atoms with Crippen LogP contribution in [0, 0.1) is 0 Å². The molecule has 1 aromatic heterocycles. The molecule has 1 aliphatic rings. The van der Waals surface area contributed by atoms with Crippen LogP contribution < -0.4 is 16.0 Å². The third-order valence-electron chi connectivity index (χ3n) is 4.14. The molecule has 1 unspecified atom stereocenters. The molecule has 1 saturated heterocycles. The van der Waals surface area contributed by atoms with Gasteiger partial charge >= 0.3 is 0 Å². The molecule has 130 valence electrons. The molecule has 23 heavy (non-hydrogen) atoms. The molecule has 2 heterocycles. The quantitative estimate of drug-likeness (QED) is 0.835. The van der Waals surface area contributed by atoms with Gasteiger partial charge in [0.15, 0.2) is 0 Å². The smallest absolute Gasteiger partial charge is 0.237 e. The molecule has 2 rings (SSSR count). The van der Waals surface area contributed by atoms with Gasteiger partial charge in [-0.15, -0.1) is 12.4 Å². The van der Waals surface area contributed by atoms with Crippen LogP contribution in [0.2, 0.25) is 0 Å². The fourth-order valence-electron chi connectivity index (χ4n) is 2.77. The molecule has 0 aromatic carbocycles. The zero-order valence-electron chi connectivity index (χ0n) is 14.0. The van der Waals surface area contributed by atoms with Gasteiger partial charge in [0.2, 0.25) is 5.91 Å². The maximum Gasteiger partial charge on any atom is 0.237 e. The van der Waals surface area contributed by atoms with Crippen LogP contribution >= 0.6 is 12.4 Å². The van der Waals surface area contributed by atoms with Crippen LogP contribution in [0.25, 0.3) is 0 Å². The second-order valence-corrected chi connectivity index (χ2v) is 6.04. The van der Waals surface area contributed by atoms with E-state index in [0.29, 0.717) is 6.54 Å². The Balaban J connectivity index is 0.00000264. The maximum atomic E-state index is 11.8. The minimum atomic E-state index is -0.408. The minimum Gasteiger partial charge on any atom is -0.357 e. The van der Waals surface area contributed by atoms with Crippen molar-refractivity contribution in [2.75, 3.05) is 18.0 Å². The molecule has 0 aliphatic carbocycles. The monoisotopic (exact) mass is 340 g/mol. The van der Waals surface area contributed by atoms with Crippen LogP contribution in [-0.4, -0.2) is 30.0 Å². The average Bonchev–Trinajstić information content (AvgIpc) is 2.82. The van der Waals surface area contributed by atoms with Gasteiger partial charge in [0.1, 0.15) is 5.82 Å². The molecule has 1 fully saturated rings. The van der Waals surface area contributed by atoms with Crippen LogP contribution in [-0.2, 0) is 11.3 Å². The van der Waals surface area contributed by atoms with Crippen molar-refractivity contribution in [1.29, 1.82) is 0 Å². The van der Waals surface area contributed by atoms with Gasteiger partial charge in [-0.1, -0.05) is 32.3 Å². The largest absolute Gasteiger partial charge is 0.357 e. The van der Waals surface area contributed by atoms with E-state index in [1.807, 2.05) is 19.2 Å². The van der Waals surface area contributed by atoms with E-state index < -0.39 is 6.04 Å². The number of rotatable bonds is 6. The Hall–Kier alpha value is -1.33. The Morgan fingerprint density at radius 1 is 1.30 bits per heavy atom. The lowest BCUT2D eigenvalue weighted by atomic mass is 10.1. The summed E-state index contributed by atoms with van der Waals surface area (Å²) in [7, 11) is 0. The van der Waals surface area contributed by atoms with Gasteiger partial charge in [0, 0.05) is 25.8 Å². The lowest BCUT2D eigenvalue weighted by molar-refractivity contribution is -0.122. The fourth-order valence-corrected chi connectivity index (χ4v) is 2.77. The number of nitrogens with zero attached hydrogens (tertiary/aromatic N) is 2. The first-order valence-corrected chi connectivity index (χ1v) is 8.44. The van der Waals surface area contributed by atoms with Crippen molar-refractivity contribution in [2.24, 2.45) is 5.73 Å². The molecule has 0 saturated carbocycles. The van der Waals surface area contributed by atoms with E-state index >= 15 is 0 Å². The maximum absolute atomic E-state index is 11.8. The van der Waals surface area contributed by atoms with Crippen LogP contribution in [0.15, 0.2) is 18.3 Å². The zero-order valence-corrected chi connectivity index (χ0v) is 14.8. The molecule has 5 nitrogen and oxygen atoms in total. The first kappa shape index (κ1) is 19.7. The number of nitrogens with two attached hydrogens (primary N) is 1. The molecule has 1 aromatic rings. The summed E-state index contributed by atoms with van der Waals surface area (Å²) in [6, 6.07) is 3.69. The fraction of sp³-hybridized carbons (Fsp3) is 0.647. The number of pyridine rings is 1. The molecule has 1 amide bonds. The van der Waals surface area contributed by atoms with Crippen molar-refractivity contribution < 1.29 is 4.79 Å². The number of carbonyl (C=O) groups excluding carboxylic acids is 1. The standard InChI is InChI=1S/C17H28N4O.ClH/c1-2-7-15(18)17(22)20-13-14-8-9-16(19-12-14)21-10-5-3-4-6-11-21;/h8-9,12,15H,2-7,10-11,13,18H2,1H3,(H,20,22);1H. The molecule has 1 aliphatic heterocycles. The number of hydrogen-bond donors (Lipinski definition) is 2. The molecule has 0 spiro atoms. The summed E-state index contributed by atoms with van der Waals surface area (Å²) in [6.45, 7) is 4.70. The Morgan fingerprint density at radius 2 is 2.00 bits per heavy atom. The first-order chi connectivity index (χ1) is 10.7. The van der Waals surface area contributed by atoms with Crippen molar-refractivity contribution >= 4 is 24.1 Å². The molecule has 3 N–H and O–H groups in total. The van der Waals surface area contributed by atoms with E-state index in [2.05, 4.69) is 21.3 Å². The van der Waals surface area contributed by atoms with Gasteiger partial charge in [-0.25, -0.2) is 4.98 Å². The number of aromatic nitrogens is 1. The zero-order chi connectivity index (χ0) is 15.8. The lowest BCUT2D eigenvalue weighted by Crippen LogP contribution is -2.40. The van der Waals surface area contributed by atoms with Gasteiger partial charge in [0.25, 0.3) is 0 Å². The second kappa shape index (κ2) is 10.4. The number of hydrogen-bond acceptors (Lipinski definition) is 4. The lowest BCUT2D eigenvalue weighted by Gasteiger charge is -2.21. The SMILES string of the molecule is CCCC(N)C(=O)NCc1ccc(N2CCCCCC2)nc1.Cl. The number of carbonyl (C=O) groups is 1. The summed E-state index contributed by atoms with van der Waals surface area (Å²) in [5, 5.41) is 2.87. The van der Waals surface area contributed by atoms with Gasteiger partial charge in [0.05, 0.1) is 6.04 Å². The Kier molecular flexibility index (Phi) is 8.95. The molecule has 1 atom stereocenters. The Bertz CT molecular complexity index is 458. The Morgan fingerprint density at radius 3 is 2.57 bits per heavy atom. The van der Waals surface area contributed by atoms with E-state index in [-0.39, 0.29) is 18.3 Å². The summed E-state index contributed by atoms with van der Waals surface area (Å²) in [6.07, 6.45) is 8.62.